The van der Waals surface area contributed by atoms with E-state index in [9.17, 15) is 22.8 Å². The van der Waals surface area contributed by atoms with Gasteiger partial charge in [-0.05, 0) is 30.7 Å². The first kappa shape index (κ1) is 21.5. The van der Waals surface area contributed by atoms with Gasteiger partial charge in [0, 0.05) is 11.9 Å². The zero-order valence-corrected chi connectivity index (χ0v) is 15.3. The fourth-order valence-electron chi connectivity index (χ4n) is 2.17. The van der Waals surface area contributed by atoms with Gasteiger partial charge in [0.15, 0.2) is 17.5 Å². The molecule has 0 amide bonds. The van der Waals surface area contributed by atoms with Crippen molar-refractivity contribution in [3.05, 3.63) is 75.7 Å². The molecule has 5 nitrogen and oxygen atoms in total. The van der Waals surface area contributed by atoms with E-state index in [1.165, 1.54) is 6.92 Å². The number of hydrogen-bond donors (Lipinski definition) is 2. The highest BCUT2D eigenvalue weighted by Gasteiger charge is 2.28. The summed E-state index contributed by atoms with van der Waals surface area (Å²) >= 11 is 5.37. The first-order valence-electron chi connectivity index (χ1n) is 8.01. The Morgan fingerprint density at radius 2 is 1.82 bits per heavy atom. The average Bonchev–Trinajstić information content (AvgIpc) is 2.69. The van der Waals surface area contributed by atoms with E-state index in [0.717, 1.165) is 6.20 Å². The van der Waals surface area contributed by atoms with Crippen molar-refractivity contribution in [3.8, 4) is 0 Å². The molecule has 9 heteroatoms. The zero-order chi connectivity index (χ0) is 20.8. The maximum atomic E-state index is 14.2. The van der Waals surface area contributed by atoms with Gasteiger partial charge in [-0.15, -0.1) is 0 Å². The third-order valence-electron chi connectivity index (χ3n) is 3.61. The summed E-state index contributed by atoms with van der Waals surface area (Å²) in [5.41, 5.74) is -0.486. The summed E-state index contributed by atoms with van der Waals surface area (Å²) in [6.45, 7) is 1.25. The molecular weight excluding hydrogens is 399 g/mol. The van der Waals surface area contributed by atoms with Gasteiger partial charge in [0.2, 0.25) is 5.78 Å². The number of halogens is 4. The van der Waals surface area contributed by atoms with Crippen molar-refractivity contribution in [2.45, 2.75) is 13.5 Å². The molecule has 0 unspecified atom stereocenters. The molecule has 28 heavy (non-hydrogen) atoms. The number of rotatable bonds is 7. The molecule has 2 aromatic carbocycles. The van der Waals surface area contributed by atoms with E-state index < -0.39 is 45.4 Å². The van der Waals surface area contributed by atoms with Crippen LogP contribution in [0.5, 0.6) is 0 Å². The predicted octanol–water partition coefficient (Wildman–Crippen LogP) is 3.99. The Kier molecular flexibility index (Phi) is 7.19. The lowest BCUT2D eigenvalue weighted by molar-refractivity contribution is -0.138. The summed E-state index contributed by atoms with van der Waals surface area (Å²) in [5, 5.41) is 10.5. The second-order valence-corrected chi connectivity index (χ2v) is 5.83. The molecule has 0 aliphatic rings. The van der Waals surface area contributed by atoms with Gasteiger partial charge in [-0.25, -0.2) is 18.0 Å². The Hall–Kier alpha value is -2.84. The topological polar surface area (TPSA) is 75.6 Å². The third kappa shape index (κ3) is 4.71. The Bertz CT molecular complexity index is 930. The van der Waals surface area contributed by atoms with Crippen LogP contribution in [0.15, 0.2) is 42.1 Å². The average molecular weight is 414 g/mol. The molecule has 0 aliphatic heterocycles. The van der Waals surface area contributed by atoms with Crippen LogP contribution in [0.25, 0.3) is 0 Å². The molecule has 0 aromatic heterocycles. The predicted molar refractivity (Wildman–Crippen MR) is 96.4 cm³/mol. The summed E-state index contributed by atoms with van der Waals surface area (Å²) in [5.74, 6) is -7.00. The fourth-order valence-corrected chi connectivity index (χ4v) is 2.36. The minimum absolute atomic E-state index is 0.0737. The Labute approximate surface area is 163 Å². The van der Waals surface area contributed by atoms with E-state index in [-0.39, 0.29) is 13.2 Å². The molecule has 2 aromatic rings. The quantitative estimate of drug-likeness (QED) is 0.136. The molecule has 0 bridgehead atoms. The van der Waals surface area contributed by atoms with Crippen LogP contribution in [0.1, 0.15) is 22.8 Å². The van der Waals surface area contributed by atoms with Crippen molar-refractivity contribution >= 4 is 29.0 Å². The number of benzene rings is 2. The molecule has 2 rings (SSSR count). The number of esters is 1. The molecule has 0 atom stereocenters. The van der Waals surface area contributed by atoms with E-state index in [2.05, 4.69) is 5.32 Å². The van der Waals surface area contributed by atoms with Crippen LogP contribution in [-0.2, 0) is 16.1 Å². The summed E-state index contributed by atoms with van der Waals surface area (Å²) in [7, 11) is 0. The maximum Gasteiger partial charge on any atom is 0.343 e. The number of carbonyl (C=O) groups is 2. The van der Waals surface area contributed by atoms with Crippen molar-refractivity contribution in [3.63, 3.8) is 0 Å². The molecule has 0 heterocycles. The minimum atomic E-state index is -1.64. The van der Waals surface area contributed by atoms with Crippen molar-refractivity contribution < 1.29 is 32.6 Å². The summed E-state index contributed by atoms with van der Waals surface area (Å²) < 4.78 is 45.9. The summed E-state index contributed by atoms with van der Waals surface area (Å²) in [6, 6.07) is 6.63. The summed E-state index contributed by atoms with van der Waals surface area (Å²) in [6.07, 6.45) is 0.961. The lowest BCUT2D eigenvalue weighted by atomic mass is 10.0. The highest BCUT2D eigenvalue weighted by molar-refractivity contribution is 6.32. The lowest BCUT2D eigenvalue weighted by Crippen LogP contribution is -2.19. The number of nitrogens with one attached hydrogen (secondary N) is 1. The van der Waals surface area contributed by atoms with E-state index >= 15 is 0 Å². The van der Waals surface area contributed by atoms with Gasteiger partial charge in [-0.1, -0.05) is 23.7 Å². The van der Waals surface area contributed by atoms with Crippen LogP contribution in [-0.4, -0.2) is 23.5 Å². The van der Waals surface area contributed by atoms with Crippen LogP contribution < -0.4 is 5.32 Å². The minimum Gasteiger partial charge on any atom is -0.462 e. The number of ether oxygens (including phenoxy) is 1. The summed E-state index contributed by atoms with van der Waals surface area (Å²) in [4.78, 5) is 24.7. The van der Waals surface area contributed by atoms with Crippen LogP contribution in [0.3, 0.4) is 0 Å². The van der Waals surface area contributed by atoms with E-state index in [1.807, 2.05) is 0 Å². The fraction of sp³-hybridized carbons (Fsp3) is 0.158. The monoisotopic (exact) mass is 413 g/mol. The number of aliphatic hydroxyl groups is 1. The van der Waals surface area contributed by atoms with Crippen LogP contribution in [0.4, 0.5) is 18.9 Å². The largest absolute Gasteiger partial charge is 0.462 e. The number of hydrogen-bond acceptors (Lipinski definition) is 5. The molecule has 0 saturated heterocycles. The second kappa shape index (κ2) is 9.38. The number of Topliss-reactive ketones (excluding diaryl/α,β-unsaturated/α-hetero) is 1. The molecule has 148 valence electrons. The van der Waals surface area contributed by atoms with Gasteiger partial charge < -0.3 is 15.2 Å². The standard InChI is InChI=1S/C19H15ClF3NO4/c1-2-28-19(27)13(8-24-11-5-3-10(9-25)4-6-11)18(26)12-7-14(21)17(23)15(20)16(12)22/h3-8,24-25H,2,9H2,1H3/b13-8-. The molecular formula is C19H15ClF3NO4. The molecule has 0 saturated carbocycles. The molecule has 0 spiro atoms. The van der Waals surface area contributed by atoms with Gasteiger partial charge >= 0.3 is 5.97 Å². The SMILES string of the molecule is CCOC(=O)/C(=C\Nc1ccc(CO)cc1)C(=O)c1cc(F)c(F)c(Cl)c1F. The van der Waals surface area contributed by atoms with Gasteiger partial charge in [0.25, 0.3) is 0 Å². The van der Waals surface area contributed by atoms with Crippen molar-refractivity contribution in [1.82, 2.24) is 0 Å². The van der Waals surface area contributed by atoms with E-state index in [0.29, 0.717) is 17.3 Å². The van der Waals surface area contributed by atoms with Gasteiger partial charge in [0.05, 0.1) is 18.8 Å². The normalized spacial score (nSPS) is 11.3. The maximum absolute atomic E-state index is 14.2. The Morgan fingerprint density at radius 3 is 2.39 bits per heavy atom. The van der Waals surface area contributed by atoms with Gasteiger partial charge in [-0.3, -0.25) is 4.79 Å². The number of aliphatic hydroxyl groups excluding tert-OH is 1. The lowest BCUT2D eigenvalue weighted by Gasteiger charge is -2.10. The molecule has 0 fully saturated rings. The molecule has 0 radical (unpaired) electrons. The highest BCUT2D eigenvalue weighted by atomic mass is 35.5. The zero-order valence-electron chi connectivity index (χ0n) is 14.6. The van der Waals surface area contributed by atoms with Gasteiger partial charge in [-0.2, -0.15) is 0 Å². The molecule has 0 aliphatic carbocycles. The number of ketones is 1. The van der Waals surface area contributed by atoms with Crippen molar-refractivity contribution in [1.29, 1.82) is 0 Å². The third-order valence-corrected chi connectivity index (χ3v) is 3.94. The highest BCUT2D eigenvalue weighted by Crippen LogP contribution is 2.26. The Morgan fingerprint density at radius 1 is 1.18 bits per heavy atom. The van der Waals surface area contributed by atoms with Crippen LogP contribution in [0, 0.1) is 17.5 Å². The van der Waals surface area contributed by atoms with E-state index in [4.69, 9.17) is 21.4 Å². The van der Waals surface area contributed by atoms with Crippen LogP contribution in [0.2, 0.25) is 5.02 Å². The number of anilines is 1. The smallest absolute Gasteiger partial charge is 0.343 e. The number of carbonyl (C=O) groups excluding carboxylic acids is 2. The first-order chi connectivity index (χ1) is 13.3. The van der Waals surface area contributed by atoms with E-state index in [1.54, 1.807) is 24.3 Å². The first-order valence-corrected chi connectivity index (χ1v) is 8.39. The molecule has 2 N–H and O–H groups in total. The van der Waals surface area contributed by atoms with Crippen LogP contribution >= 0.6 is 11.6 Å². The van der Waals surface area contributed by atoms with Gasteiger partial charge in [0.1, 0.15) is 10.6 Å². The second-order valence-electron chi connectivity index (χ2n) is 5.45. The van der Waals surface area contributed by atoms with Crippen molar-refractivity contribution in [2.75, 3.05) is 11.9 Å². The van der Waals surface area contributed by atoms with Crippen molar-refractivity contribution in [2.24, 2.45) is 0 Å². The Balaban J connectivity index is 2.42.